The maximum atomic E-state index is 12.3. The van der Waals surface area contributed by atoms with Crippen molar-refractivity contribution in [3.63, 3.8) is 0 Å². The second-order valence-corrected chi connectivity index (χ2v) is 5.27. The number of amides is 1. The molecule has 2 aliphatic heterocycles. The van der Waals surface area contributed by atoms with Crippen molar-refractivity contribution in [2.45, 2.75) is 44.2 Å². The molecule has 2 fully saturated rings. The van der Waals surface area contributed by atoms with Crippen molar-refractivity contribution in [3.8, 4) is 5.75 Å². The van der Waals surface area contributed by atoms with E-state index in [1.54, 1.807) is 17.0 Å². The molecule has 0 spiro atoms. The highest BCUT2D eigenvalue weighted by molar-refractivity contribution is 5.83. The topological polar surface area (TPSA) is 46.6 Å². The molecule has 1 aromatic carbocycles. The summed E-state index contributed by atoms with van der Waals surface area (Å²) < 4.78 is 5.40. The van der Waals surface area contributed by atoms with E-state index in [1.165, 1.54) is 0 Å². The predicted molar refractivity (Wildman–Crippen MR) is 70.0 cm³/mol. The van der Waals surface area contributed by atoms with Gasteiger partial charge in [-0.3, -0.25) is 4.79 Å². The molecular formula is C15H17NO3. The second-order valence-electron chi connectivity index (χ2n) is 5.27. The fourth-order valence-corrected chi connectivity index (χ4v) is 3.12. The highest BCUT2D eigenvalue weighted by atomic mass is 16.6. The minimum atomic E-state index is -0.312. The number of rotatable bonds is 1. The normalized spacial score (nSPS) is 26.1. The van der Waals surface area contributed by atoms with Crippen molar-refractivity contribution in [2.24, 2.45) is 0 Å². The Bertz CT molecular complexity index is 469. The monoisotopic (exact) mass is 259 g/mol. The van der Waals surface area contributed by atoms with Crippen LogP contribution in [0.5, 0.6) is 5.75 Å². The summed E-state index contributed by atoms with van der Waals surface area (Å²) in [6.45, 7) is 0. The van der Waals surface area contributed by atoms with E-state index in [2.05, 4.69) is 0 Å². The third-order valence-electron chi connectivity index (χ3n) is 3.95. The Labute approximate surface area is 112 Å². The van der Waals surface area contributed by atoms with E-state index in [0.29, 0.717) is 18.6 Å². The lowest BCUT2D eigenvalue weighted by molar-refractivity contribution is -0.125. The highest BCUT2D eigenvalue weighted by Crippen LogP contribution is 2.33. The molecule has 0 radical (unpaired) electrons. The van der Waals surface area contributed by atoms with Crippen molar-refractivity contribution in [1.82, 2.24) is 4.90 Å². The van der Waals surface area contributed by atoms with E-state index in [0.717, 1.165) is 19.3 Å². The van der Waals surface area contributed by atoms with Crippen molar-refractivity contribution < 1.29 is 14.3 Å². The molecule has 4 heteroatoms. The summed E-state index contributed by atoms with van der Waals surface area (Å²) in [5.74, 6) is 0.834. The Morgan fingerprint density at radius 1 is 1.11 bits per heavy atom. The third kappa shape index (κ3) is 2.48. The molecule has 2 heterocycles. The molecule has 0 N–H and O–H groups in total. The Hall–Kier alpha value is -1.84. The number of ether oxygens (including phenoxy) is 1. The first-order valence-corrected chi connectivity index (χ1v) is 6.81. The molecule has 1 amide bonds. The lowest BCUT2D eigenvalue weighted by atomic mass is 9.84. The summed E-state index contributed by atoms with van der Waals surface area (Å²) in [5, 5.41) is 0. The fourth-order valence-electron chi connectivity index (χ4n) is 3.12. The van der Waals surface area contributed by atoms with Crippen LogP contribution in [0.1, 0.15) is 32.1 Å². The van der Waals surface area contributed by atoms with Gasteiger partial charge in [0.15, 0.2) is 0 Å². The number of piperidine rings is 2. The molecule has 2 bridgehead atoms. The van der Waals surface area contributed by atoms with Gasteiger partial charge in [0.05, 0.1) is 0 Å². The number of carbonyl (C=O) groups excluding carboxylic acids is 2. The minimum absolute atomic E-state index is 0.0382. The number of para-hydroxylation sites is 1. The van der Waals surface area contributed by atoms with Gasteiger partial charge in [-0.1, -0.05) is 18.2 Å². The van der Waals surface area contributed by atoms with Crippen LogP contribution in [0.25, 0.3) is 0 Å². The van der Waals surface area contributed by atoms with Crippen LogP contribution in [0, 0.1) is 0 Å². The molecule has 2 atom stereocenters. The number of Topliss-reactive ketones (excluding diaryl/α,β-unsaturated/α-hetero) is 1. The Balaban J connectivity index is 1.74. The minimum Gasteiger partial charge on any atom is -0.410 e. The molecule has 19 heavy (non-hydrogen) atoms. The van der Waals surface area contributed by atoms with E-state index in [-0.39, 0.29) is 24.0 Å². The Kier molecular flexibility index (Phi) is 3.23. The van der Waals surface area contributed by atoms with Crippen LogP contribution in [-0.4, -0.2) is 28.9 Å². The Morgan fingerprint density at radius 2 is 1.74 bits per heavy atom. The predicted octanol–water partition coefficient (Wildman–Crippen LogP) is 2.77. The summed E-state index contributed by atoms with van der Waals surface area (Å²) in [6, 6.07) is 9.16. The van der Waals surface area contributed by atoms with Crippen molar-refractivity contribution in [3.05, 3.63) is 30.3 Å². The first kappa shape index (κ1) is 12.2. The fraction of sp³-hybridized carbons (Fsp3) is 0.467. The molecular weight excluding hydrogens is 242 g/mol. The van der Waals surface area contributed by atoms with Crippen molar-refractivity contribution >= 4 is 11.9 Å². The molecule has 2 saturated heterocycles. The van der Waals surface area contributed by atoms with Crippen LogP contribution in [0.15, 0.2) is 30.3 Å². The van der Waals surface area contributed by atoms with E-state index >= 15 is 0 Å². The maximum absolute atomic E-state index is 12.3. The van der Waals surface area contributed by atoms with Crippen molar-refractivity contribution in [2.75, 3.05) is 0 Å². The number of hydrogen-bond acceptors (Lipinski definition) is 3. The first-order chi connectivity index (χ1) is 9.24. The zero-order chi connectivity index (χ0) is 13.2. The van der Waals surface area contributed by atoms with Crippen LogP contribution in [0.3, 0.4) is 0 Å². The summed E-state index contributed by atoms with van der Waals surface area (Å²) in [7, 11) is 0. The van der Waals surface area contributed by atoms with E-state index in [9.17, 15) is 9.59 Å². The number of benzene rings is 1. The van der Waals surface area contributed by atoms with E-state index in [4.69, 9.17) is 4.74 Å². The van der Waals surface area contributed by atoms with Gasteiger partial charge in [-0.2, -0.15) is 0 Å². The second kappa shape index (κ2) is 5.03. The largest absolute Gasteiger partial charge is 0.415 e. The maximum Gasteiger partial charge on any atom is 0.415 e. The molecule has 2 aliphatic rings. The van der Waals surface area contributed by atoms with Gasteiger partial charge in [0.2, 0.25) is 0 Å². The third-order valence-corrected chi connectivity index (χ3v) is 3.95. The summed E-state index contributed by atoms with van der Waals surface area (Å²) in [6.07, 6.45) is 3.57. The number of hydrogen-bond donors (Lipinski definition) is 0. The lowest BCUT2D eigenvalue weighted by Crippen LogP contribution is -2.55. The number of ketones is 1. The van der Waals surface area contributed by atoms with Gasteiger partial charge in [-0.05, 0) is 31.4 Å². The van der Waals surface area contributed by atoms with Gasteiger partial charge in [0.25, 0.3) is 0 Å². The van der Waals surface area contributed by atoms with Crippen LogP contribution in [0.4, 0.5) is 4.79 Å². The summed E-state index contributed by atoms with van der Waals surface area (Å²) >= 11 is 0. The first-order valence-electron chi connectivity index (χ1n) is 6.81. The van der Waals surface area contributed by atoms with E-state index in [1.807, 2.05) is 18.2 Å². The smallest absolute Gasteiger partial charge is 0.410 e. The molecule has 4 nitrogen and oxygen atoms in total. The van der Waals surface area contributed by atoms with Crippen LogP contribution < -0.4 is 4.74 Å². The molecule has 1 aromatic rings. The quantitative estimate of drug-likeness (QED) is 0.779. The zero-order valence-corrected chi connectivity index (χ0v) is 10.7. The molecule has 0 unspecified atom stereocenters. The lowest BCUT2D eigenvalue weighted by Gasteiger charge is -2.44. The standard InChI is InChI=1S/C15H17NO3/c17-13-9-11-5-4-6-12(10-13)16(11)15(18)19-14-7-2-1-3-8-14/h1-3,7-8,11-12H,4-6,9-10H2/t11-,12+. The van der Waals surface area contributed by atoms with E-state index < -0.39 is 0 Å². The van der Waals surface area contributed by atoms with Gasteiger partial charge in [-0.15, -0.1) is 0 Å². The van der Waals surface area contributed by atoms with Crippen molar-refractivity contribution in [1.29, 1.82) is 0 Å². The molecule has 0 aromatic heterocycles. The highest BCUT2D eigenvalue weighted by Gasteiger charge is 2.41. The van der Waals surface area contributed by atoms with Crippen LogP contribution >= 0.6 is 0 Å². The average Bonchev–Trinajstić information content (AvgIpc) is 2.38. The van der Waals surface area contributed by atoms with Gasteiger partial charge in [0.1, 0.15) is 11.5 Å². The van der Waals surface area contributed by atoms with Gasteiger partial charge in [0, 0.05) is 24.9 Å². The molecule has 0 aliphatic carbocycles. The van der Waals surface area contributed by atoms with Gasteiger partial charge in [-0.25, -0.2) is 4.79 Å². The zero-order valence-electron chi connectivity index (χ0n) is 10.7. The summed E-state index contributed by atoms with van der Waals surface area (Å²) in [5.41, 5.74) is 0. The number of carbonyl (C=O) groups is 2. The molecule has 0 saturated carbocycles. The van der Waals surface area contributed by atoms with Gasteiger partial charge < -0.3 is 9.64 Å². The Morgan fingerprint density at radius 3 is 2.37 bits per heavy atom. The summed E-state index contributed by atoms with van der Waals surface area (Å²) in [4.78, 5) is 25.7. The number of nitrogens with zero attached hydrogens (tertiary/aromatic N) is 1. The molecule has 3 rings (SSSR count). The van der Waals surface area contributed by atoms with Gasteiger partial charge >= 0.3 is 6.09 Å². The average molecular weight is 259 g/mol. The van der Waals surface area contributed by atoms with Crippen LogP contribution in [0.2, 0.25) is 0 Å². The number of fused-ring (bicyclic) bond motifs is 2. The SMILES string of the molecule is O=C1C[C@H]2CCC[C@@H](C1)N2C(=O)Oc1ccccc1. The molecule has 100 valence electrons. The van der Waals surface area contributed by atoms with Crippen LogP contribution in [-0.2, 0) is 4.79 Å².